The molecule has 7 nitrogen and oxygen atoms in total. The molecule has 0 spiro atoms. The summed E-state index contributed by atoms with van der Waals surface area (Å²) < 4.78 is 7.19. The minimum absolute atomic E-state index is 0.216. The summed E-state index contributed by atoms with van der Waals surface area (Å²) in [6, 6.07) is 22.4. The lowest BCUT2D eigenvalue weighted by molar-refractivity contribution is 0.102. The molecule has 2 heterocycles. The van der Waals surface area contributed by atoms with Crippen molar-refractivity contribution in [2.45, 2.75) is 6.92 Å². The van der Waals surface area contributed by atoms with E-state index in [1.807, 2.05) is 48.5 Å². The molecule has 2 aromatic heterocycles. The zero-order valence-corrected chi connectivity index (χ0v) is 17.2. The van der Waals surface area contributed by atoms with Crippen molar-refractivity contribution >= 4 is 34.1 Å². The maximum atomic E-state index is 12.7. The topological polar surface area (TPSA) is 85.8 Å². The minimum Gasteiger partial charge on any atom is -0.355 e. The van der Waals surface area contributed by atoms with Gasteiger partial charge in [-0.25, -0.2) is 4.68 Å². The standard InChI is InChI=1S/C23H16ClN5O2/c1-14-21(23(30)25-20-10-6-5-9-18(20)24)26-28-29(14)16-11-12-19-17(13-16)22(31-27-19)15-7-3-2-4-8-15/h2-13H,1H3,(H,25,30). The van der Waals surface area contributed by atoms with Crippen LogP contribution in [0.4, 0.5) is 5.69 Å². The average Bonchev–Trinajstić information content (AvgIpc) is 3.39. The molecule has 0 unspecified atom stereocenters. The minimum atomic E-state index is -0.382. The number of halogens is 1. The highest BCUT2D eigenvalue weighted by atomic mass is 35.5. The van der Waals surface area contributed by atoms with Gasteiger partial charge in [-0.15, -0.1) is 5.10 Å². The van der Waals surface area contributed by atoms with Crippen LogP contribution >= 0.6 is 11.6 Å². The Labute approximate surface area is 182 Å². The first-order valence-corrected chi connectivity index (χ1v) is 9.93. The fourth-order valence-corrected chi connectivity index (χ4v) is 3.57. The molecule has 8 heteroatoms. The Morgan fingerprint density at radius 3 is 2.61 bits per heavy atom. The van der Waals surface area contributed by atoms with E-state index >= 15 is 0 Å². The Kier molecular flexibility index (Phi) is 4.72. The van der Waals surface area contributed by atoms with Gasteiger partial charge >= 0.3 is 0 Å². The monoisotopic (exact) mass is 429 g/mol. The van der Waals surface area contributed by atoms with Crippen molar-refractivity contribution in [3.63, 3.8) is 0 Å². The summed E-state index contributed by atoms with van der Waals surface area (Å²) in [5.41, 5.74) is 3.74. The van der Waals surface area contributed by atoms with Crippen molar-refractivity contribution in [1.29, 1.82) is 0 Å². The van der Waals surface area contributed by atoms with Gasteiger partial charge in [0.25, 0.3) is 5.91 Å². The van der Waals surface area contributed by atoms with Crippen molar-refractivity contribution in [2.24, 2.45) is 0 Å². The highest BCUT2D eigenvalue weighted by Gasteiger charge is 2.19. The van der Waals surface area contributed by atoms with Crippen LogP contribution < -0.4 is 5.32 Å². The molecular formula is C23H16ClN5O2. The van der Waals surface area contributed by atoms with E-state index in [1.165, 1.54) is 0 Å². The predicted octanol–water partition coefficient (Wildman–Crippen LogP) is 5.29. The molecule has 0 saturated carbocycles. The third-order valence-electron chi connectivity index (χ3n) is 4.97. The number of hydrogen-bond donors (Lipinski definition) is 1. The van der Waals surface area contributed by atoms with Crippen LogP contribution in [0, 0.1) is 6.92 Å². The van der Waals surface area contributed by atoms with Crippen molar-refractivity contribution in [2.75, 3.05) is 5.32 Å². The second-order valence-electron chi connectivity index (χ2n) is 6.95. The van der Waals surface area contributed by atoms with Gasteiger partial charge in [-0.1, -0.05) is 64.4 Å². The van der Waals surface area contributed by atoms with Gasteiger partial charge in [0.2, 0.25) is 0 Å². The number of aromatic nitrogens is 4. The number of nitrogens with one attached hydrogen (secondary N) is 1. The van der Waals surface area contributed by atoms with Gasteiger partial charge in [-0.05, 0) is 37.3 Å². The van der Waals surface area contributed by atoms with Crippen LogP contribution in [-0.4, -0.2) is 26.1 Å². The Balaban J connectivity index is 1.51. The fraction of sp³-hybridized carbons (Fsp3) is 0.0435. The van der Waals surface area contributed by atoms with Crippen LogP contribution in [-0.2, 0) is 0 Å². The van der Waals surface area contributed by atoms with Gasteiger partial charge in [0.05, 0.1) is 27.5 Å². The van der Waals surface area contributed by atoms with Gasteiger partial charge in [0.1, 0.15) is 5.52 Å². The molecule has 1 amide bonds. The predicted molar refractivity (Wildman–Crippen MR) is 119 cm³/mol. The van der Waals surface area contributed by atoms with E-state index in [0.29, 0.717) is 22.2 Å². The van der Waals surface area contributed by atoms with Crippen LogP contribution in [0.3, 0.4) is 0 Å². The van der Waals surface area contributed by atoms with Crippen LogP contribution in [0.15, 0.2) is 77.3 Å². The van der Waals surface area contributed by atoms with Crippen molar-refractivity contribution < 1.29 is 9.32 Å². The van der Waals surface area contributed by atoms with Crippen LogP contribution in [0.2, 0.25) is 5.02 Å². The fourth-order valence-electron chi connectivity index (χ4n) is 3.39. The number of rotatable bonds is 4. The Morgan fingerprint density at radius 2 is 1.81 bits per heavy atom. The lowest BCUT2D eigenvalue weighted by Crippen LogP contribution is -2.14. The molecule has 5 rings (SSSR count). The Morgan fingerprint density at radius 1 is 1.03 bits per heavy atom. The smallest absolute Gasteiger partial charge is 0.278 e. The maximum absolute atomic E-state index is 12.7. The molecule has 0 fully saturated rings. The van der Waals surface area contributed by atoms with Crippen LogP contribution in [0.1, 0.15) is 16.2 Å². The highest BCUT2D eigenvalue weighted by molar-refractivity contribution is 6.33. The van der Waals surface area contributed by atoms with E-state index in [4.69, 9.17) is 16.1 Å². The molecule has 0 bridgehead atoms. The molecular weight excluding hydrogens is 414 g/mol. The third-order valence-corrected chi connectivity index (χ3v) is 5.30. The summed E-state index contributed by atoms with van der Waals surface area (Å²) in [6.45, 7) is 1.79. The first-order valence-electron chi connectivity index (χ1n) is 9.55. The summed E-state index contributed by atoms with van der Waals surface area (Å²) in [4.78, 5) is 12.7. The highest BCUT2D eigenvalue weighted by Crippen LogP contribution is 2.30. The first-order chi connectivity index (χ1) is 15.1. The van der Waals surface area contributed by atoms with Crippen molar-refractivity contribution in [3.8, 4) is 17.0 Å². The SMILES string of the molecule is Cc1c(C(=O)Nc2ccccc2Cl)nnn1-c1ccc2noc(-c3ccccc3)c2c1. The van der Waals surface area contributed by atoms with Gasteiger partial charge in [0, 0.05) is 5.56 Å². The number of carbonyl (C=O) groups is 1. The summed E-state index contributed by atoms with van der Waals surface area (Å²) >= 11 is 6.14. The van der Waals surface area contributed by atoms with E-state index in [9.17, 15) is 4.79 Å². The number of anilines is 1. The second-order valence-corrected chi connectivity index (χ2v) is 7.36. The molecule has 152 valence electrons. The largest absolute Gasteiger partial charge is 0.355 e. The lowest BCUT2D eigenvalue weighted by Gasteiger charge is -2.06. The number of amides is 1. The van der Waals surface area contributed by atoms with E-state index in [1.54, 1.807) is 35.9 Å². The lowest BCUT2D eigenvalue weighted by atomic mass is 10.1. The summed E-state index contributed by atoms with van der Waals surface area (Å²) in [5.74, 6) is 0.291. The number of carbonyl (C=O) groups excluding carboxylic acids is 1. The summed E-state index contributed by atoms with van der Waals surface area (Å²) in [7, 11) is 0. The summed E-state index contributed by atoms with van der Waals surface area (Å²) in [6.07, 6.45) is 0. The molecule has 1 N–H and O–H groups in total. The van der Waals surface area contributed by atoms with Gasteiger partial charge in [0.15, 0.2) is 11.5 Å². The Bertz CT molecular complexity index is 1410. The second kappa shape index (κ2) is 7.70. The average molecular weight is 430 g/mol. The summed E-state index contributed by atoms with van der Waals surface area (Å²) in [5, 5.41) is 16.5. The number of nitrogens with zero attached hydrogens (tertiary/aromatic N) is 4. The molecule has 0 aliphatic heterocycles. The van der Waals surface area contributed by atoms with Crippen molar-refractivity contribution in [3.05, 3.63) is 89.2 Å². The van der Waals surface area contributed by atoms with Gasteiger partial charge < -0.3 is 9.84 Å². The van der Waals surface area contributed by atoms with Gasteiger partial charge in [-0.2, -0.15) is 0 Å². The van der Waals surface area contributed by atoms with E-state index < -0.39 is 0 Å². The molecule has 0 aliphatic carbocycles. The molecule has 0 aliphatic rings. The molecule has 0 radical (unpaired) electrons. The van der Waals surface area contributed by atoms with Crippen LogP contribution in [0.25, 0.3) is 27.9 Å². The molecule has 0 atom stereocenters. The number of fused-ring (bicyclic) bond motifs is 1. The first kappa shape index (κ1) is 19.0. The van der Waals surface area contributed by atoms with Gasteiger partial charge in [-0.3, -0.25) is 4.79 Å². The van der Waals surface area contributed by atoms with E-state index in [2.05, 4.69) is 20.8 Å². The normalized spacial score (nSPS) is 11.0. The Hall–Kier alpha value is -3.97. The van der Waals surface area contributed by atoms with E-state index in [-0.39, 0.29) is 11.6 Å². The zero-order valence-electron chi connectivity index (χ0n) is 16.4. The molecule has 0 saturated heterocycles. The molecule has 5 aromatic rings. The number of hydrogen-bond acceptors (Lipinski definition) is 5. The quantitative estimate of drug-likeness (QED) is 0.419. The van der Waals surface area contributed by atoms with Crippen molar-refractivity contribution in [1.82, 2.24) is 20.2 Å². The molecule has 31 heavy (non-hydrogen) atoms. The number of benzene rings is 3. The van der Waals surface area contributed by atoms with E-state index in [0.717, 1.165) is 22.2 Å². The number of para-hydroxylation sites is 1. The molecule has 3 aromatic carbocycles. The third kappa shape index (κ3) is 3.45. The van der Waals surface area contributed by atoms with Crippen LogP contribution in [0.5, 0.6) is 0 Å². The maximum Gasteiger partial charge on any atom is 0.278 e. The zero-order chi connectivity index (χ0) is 21.4.